The van der Waals surface area contributed by atoms with E-state index in [4.69, 9.17) is 16.9 Å². The molecule has 1 aliphatic rings. The number of amides is 1. The second kappa shape index (κ2) is 8.44. The van der Waals surface area contributed by atoms with Crippen LogP contribution in [0.3, 0.4) is 0 Å². The third-order valence-corrected chi connectivity index (χ3v) is 5.83. The van der Waals surface area contributed by atoms with E-state index >= 15 is 0 Å². The van der Waals surface area contributed by atoms with Crippen molar-refractivity contribution >= 4 is 29.3 Å². The predicted molar refractivity (Wildman–Crippen MR) is 106 cm³/mol. The van der Waals surface area contributed by atoms with Crippen molar-refractivity contribution in [2.75, 3.05) is 0 Å². The molecule has 1 aliphatic carbocycles. The zero-order chi connectivity index (χ0) is 18.4. The van der Waals surface area contributed by atoms with Crippen molar-refractivity contribution in [2.24, 2.45) is 0 Å². The minimum absolute atomic E-state index is 0.0866. The monoisotopic (exact) mass is 382 g/mol. The highest BCUT2D eigenvalue weighted by molar-refractivity contribution is 8.02. The second-order valence-electron chi connectivity index (χ2n) is 6.32. The van der Waals surface area contributed by atoms with Gasteiger partial charge in [0.05, 0.1) is 11.5 Å². The molecule has 1 N–H and O–H groups in total. The SMILES string of the molecule is N#CC=CSc1ccc(C2(C(=O)NCc3ccc(Cl)cc3)CCC2)cc1. The molecule has 0 heterocycles. The van der Waals surface area contributed by atoms with Crippen LogP contribution in [0.5, 0.6) is 0 Å². The fourth-order valence-corrected chi connectivity index (χ4v) is 3.83. The van der Waals surface area contributed by atoms with Crippen LogP contribution in [0.4, 0.5) is 0 Å². The first-order valence-electron chi connectivity index (χ1n) is 8.49. The summed E-state index contributed by atoms with van der Waals surface area (Å²) >= 11 is 7.39. The van der Waals surface area contributed by atoms with Gasteiger partial charge in [-0.05, 0) is 53.6 Å². The Balaban J connectivity index is 1.67. The van der Waals surface area contributed by atoms with E-state index in [-0.39, 0.29) is 5.91 Å². The van der Waals surface area contributed by atoms with Crippen LogP contribution in [0.25, 0.3) is 0 Å². The Bertz CT molecular complexity index is 834. The van der Waals surface area contributed by atoms with Crippen molar-refractivity contribution in [1.82, 2.24) is 5.32 Å². The molecule has 0 atom stereocenters. The molecule has 2 aromatic rings. The van der Waals surface area contributed by atoms with Gasteiger partial charge in [-0.2, -0.15) is 5.26 Å². The Morgan fingerprint density at radius 3 is 2.46 bits per heavy atom. The molecule has 0 saturated heterocycles. The smallest absolute Gasteiger partial charge is 0.230 e. The van der Waals surface area contributed by atoms with Crippen molar-refractivity contribution in [3.8, 4) is 6.07 Å². The summed E-state index contributed by atoms with van der Waals surface area (Å²) in [6, 6.07) is 17.6. The lowest BCUT2D eigenvalue weighted by atomic mass is 9.64. The first-order valence-corrected chi connectivity index (χ1v) is 9.74. The number of nitrogens with one attached hydrogen (secondary N) is 1. The molecular weight excluding hydrogens is 364 g/mol. The van der Waals surface area contributed by atoms with E-state index in [0.717, 1.165) is 35.3 Å². The van der Waals surface area contributed by atoms with Crippen LogP contribution in [0.15, 0.2) is 64.9 Å². The Morgan fingerprint density at radius 2 is 1.88 bits per heavy atom. The van der Waals surface area contributed by atoms with E-state index in [0.29, 0.717) is 11.6 Å². The largest absolute Gasteiger partial charge is 0.351 e. The second-order valence-corrected chi connectivity index (χ2v) is 7.73. The number of halogens is 1. The van der Waals surface area contributed by atoms with Gasteiger partial charge in [-0.3, -0.25) is 4.79 Å². The van der Waals surface area contributed by atoms with Gasteiger partial charge in [0, 0.05) is 22.5 Å². The zero-order valence-corrected chi connectivity index (χ0v) is 15.8. The van der Waals surface area contributed by atoms with Crippen LogP contribution in [-0.4, -0.2) is 5.91 Å². The number of carbonyl (C=O) groups is 1. The number of nitrogens with zero attached hydrogens (tertiary/aromatic N) is 1. The van der Waals surface area contributed by atoms with Crippen LogP contribution >= 0.6 is 23.4 Å². The van der Waals surface area contributed by atoms with Crippen molar-refractivity contribution in [3.05, 3.63) is 76.2 Å². The summed E-state index contributed by atoms with van der Waals surface area (Å²) in [4.78, 5) is 13.9. The Labute approximate surface area is 163 Å². The number of rotatable bonds is 6. The molecule has 0 aromatic heterocycles. The van der Waals surface area contributed by atoms with Crippen molar-refractivity contribution in [2.45, 2.75) is 36.1 Å². The third-order valence-electron chi connectivity index (χ3n) is 4.76. The van der Waals surface area contributed by atoms with Gasteiger partial charge in [0.15, 0.2) is 0 Å². The molecule has 0 radical (unpaired) electrons. The summed E-state index contributed by atoms with van der Waals surface area (Å²) in [5.74, 6) is 0.0866. The van der Waals surface area contributed by atoms with Gasteiger partial charge in [-0.1, -0.05) is 54.0 Å². The number of thioether (sulfide) groups is 1. The Kier molecular flexibility index (Phi) is 6.03. The summed E-state index contributed by atoms with van der Waals surface area (Å²) in [5, 5.41) is 14.1. The van der Waals surface area contributed by atoms with Crippen molar-refractivity contribution < 1.29 is 4.79 Å². The average molecular weight is 383 g/mol. The Morgan fingerprint density at radius 1 is 1.19 bits per heavy atom. The van der Waals surface area contributed by atoms with Crippen molar-refractivity contribution in [3.63, 3.8) is 0 Å². The summed E-state index contributed by atoms with van der Waals surface area (Å²) in [7, 11) is 0. The summed E-state index contributed by atoms with van der Waals surface area (Å²) < 4.78 is 0. The first-order chi connectivity index (χ1) is 12.6. The van der Waals surface area contributed by atoms with Crippen LogP contribution < -0.4 is 5.32 Å². The third kappa shape index (κ3) is 4.12. The summed E-state index contributed by atoms with van der Waals surface area (Å²) in [6.45, 7) is 0.505. The van der Waals surface area contributed by atoms with Gasteiger partial charge in [0.25, 0.3) is 0 Å². The standard InChI is InChI=1S/C21H19ClN2OS/c22-18-7-3-16(4-8-18)15-24-20(25)21(11-1-12-21)17-5-9-19(10-6-17)26-14-2-13-23/h2-10,14H,1,11-12,15H2,(H,24,25). The van der Waals surface area contributed by atoms with E-state index in [1.54, 1.807) is 5.41 Å². The summed E-state index contributed by atoms with van der Waals surface area (Å²) in [5.41, 5.74) is 1.68. The summed E-state index contributed by atoms with van der Waals surface area (Å²) in [6.07, 6.45) is 4.27. The lowest BCUT2D eigenvalue weighted by Gasteiger charge is -2.40. The van der Waals surface area contributed by atoms with Gasteiger partial charge in [0.1, 0.15) is 0 Å². The van der Waals surface area contributed by atoms with Crippen molar-refractivity contribution in [1.29, 1.82) is 5.26 Å². The minimum atomic E-state index is -0.419. The molecule has 1 saturated carbocycles. The van der Waals surface area contributed by atoms with E-state index in [1.807, 2.05) is 54.6 Å². The van der Waals surface area contributed by atoms with Gasteiger partial charge in [-0.25, -0.2) is 0 Å². The highest BCUT2D eigenvalue weighted by atomic mass is 35.5. The quantitative estimate of drug-likeness (QED) is 0.551. The zero-order valence-electron chi connectivity index (χ0n) is 14.2. The van der Waals surface area contributed by atoms with Gasteiger partial charge >= 0.3 is 0 Å². The molecule has 2 aromatic carbocycles. The minimum Gasteiger partial charge on any atom is -0.351 e. The van der Waals surface area contributed by atoms with E-state index in [9.17, 15) is 4.79 Å². The molecule has 0 spiro atoms. The molecule has 5 heteroatoms. The van der Waals surface area contributed by atoms with E-state index in [1.165, 1.54) is 17.8 Å². The van der Waals surface area contributed by atoms with E-state index in [2.05, 4.69) is 5.32 Å². The van der Waals surface area contributed by atoms with Crippen LogP contribution in [0.2, 0.25) is 5.02 Å². The topological polar surface area (TPSA) is 52.9 Å². The molecule has 0 bridgehead atoms. The molecule has 0 aliphatic heterocycles. The molecule has 1 amide bonds. The normalized spacial score (nSPS) is 15.2. The number of nitriles is 1. The molecule has 1 fully saturated rings. The number of allylic oxidation sites excluding steroid dienone is 1. The number of benzene rings is 2. The first kappa shape index (κ1) is 18.6. The maximum absolute atomic E-state index is 12.9. The predicted octanol–water partition coefficient (Wildman–Crippen LogP) is 5.21. The fraction of sp³-hybridized carbons (Fsp3) is 0.238. The molecule has 0 unspecified atom stereocenters. The molecule has 3 rings (SSSR count). The van der Waals surface area contributed by atoms with Crippen LogP contribution in [0, 0.1) is 11.3 Å². The fourth-order valence-electron chi connectivity index (χ4n) is 3.13. The van der Waals surface area contributed by atoms with Crippen LogP contribution in [-0.2, 0) is 16.8 Å². The average Bonchev–Trinajstić information content (AvgIpc) is 2.62. The van der Waals surface area contributed by atoms with Gasteiger partial charge in [-0.15, -0.1) is 0 Å². The number of hydrogen-bond donors (Lipinski definition) is 1. The van der Waals surface area contributed by atoms with Crippen LogP contribution in [0.1, 0.15) is 30.4 Å². The highest BCUT2D eigenvalue weighted by Crippen LogP contribution is 2.44. The van der Waals surface area contributed by atoms with Gasteiger partial charge in [0.2, 0.25) is 5.91 Å². The molecular formula is C21H19ClN2OS. The Hall–Kier alpha value is -2.22. The molecule has 3 nitrogen and oxygen atoms in total. The number of hydrogen-bond acceptors (Lipinski definition) is 3. The lowest BCUT2D eigenvalue weighted by Crippen LogP contribution is -2.48. The molecule has 132 valence electrons. The molecule has 26 heavy (non-hydrogen) atoms. The number of carbonyl (C=O) groups excluding carboxylic acids is 1. The van der Waals surface area contributed by atoms with E-state index < -0.39 is 5.41 Å². The lowest BCUT2D eigenvalue weighted by molar-refractivity contribution is -0.130. The maximum atomic E-state index is 12.9. The highest BCUT2D eigenvalue weighted by Gasteiger charge is 2.45. The maximum Gasteiger partial charge on any atom is 0.230 e. The van der Waals surface area contributed by atoms with Gasteiger partial charge < -0.3 is 5.32 Å².